The molecule has 0 aliphatic carbocycles. The van der Waals surface area contributed by atoms with E-state index in [9.17, 15) is 14.7 Å². The minimum absolute atomic E-state index is 0.122. The van der Waals surface area contributed by atoms with Crippen molar-refractivity contribution in [3.8, 4) is 0 Å². The molecule has 2 aromatic rings. The molecule has 0 radical (unpaired) electrons. The Morgan fingerprint density at radius 2 is 1.65 bits per heavy atom. The van der Waals surface area contributed by atoms with Crippen LogP contribution in [0.2, 0.25) is 0 Å². The first-order valence-corrected chi connectivity index (χ1v) is 8.51. The lowest BCUT2D eigenvalue weighted by Crippen LogP contribution is -2.54. The van der Waals surface area contributed by atoms with Gasteiger partial charge in [0.05, 0.1) is 0 Å². The number of esters is 1. The number of ether oxygens (including phenoxy) is 1. The largest absolute Gasteiger partial charge is 0.465 e. The molecule has 0 saturated carbocycles. The topological polar surface area (TPSA) is 66.8 Å². The number of hydrogen-bond acceptors (Lipinski definition) is 3. The van der Waals surface area contributed by atoms with Gasteiger partial charge in [0, 0.05) is 18.4 Å². The quantitative estimate of drug-likeness (QED) is 0.646. The van der Waals surface area contributed by atoms with Crippen molar-refractivity contribution in [3.63, 3.8) is 0 Å². The summed E-state index contributed by atoms with van der Waals surface area (Å²) in [5.41, 5.74) is -1.66. The average molecular weight is 351 g/mol. The highest BCUT2D eigenvalue weighted by molar-refractivity contribution is 5.91. The Hall–Kier alpha value is -3.08. The van der Waals surface area contributed by atoms with Crippen molar-refractivity contribution in [3.05, 3.63) is 84.4 Å². The van der Waals surface area contributed by atoms with Crippen LogP contribution in [0.3, 0.4) is 0 Å². The van der Waals surface area contributed by atoms with Crippen molar-refractivity contribution in [2.75, 3.05) is 0 Å². The highest BCUT2D eigenvalue weighted by atomic mass is 16.6. The van der Waals surface area contributed by atoms with Gasteiger partial charge in [-0.3, -0.25) is 0 Å². The zero-order valence-electron chi connectivity index (χ0n) is 14.6. The smallest absolute Gasteiger partial charge is 0.411 e. The Labute approximate surface area is 152 Å². The minimum Gasteiger partial charge on any atom is -0.465 e. The molecule has 0 unspecified atom stereocenters. The number of cyclic esters (lactones) is 1. The van der Waals surface area contributed by atoms with Crippen LogP contribution in [0.4, 0.5) is 4.79 Å². The molecular formula is C21H21NO4. The summed E-state index contributed by atoms with van der Waals surface area (Å²) in [4.78, 5) is 26.8. The summed E-state index contributed by atoms with van der Waals surface area (Å²) < 4.78 is 5.84. The third-order valence-electron chi connectivity index (χ3n) is 4.93. The molecule has 1 N–H and O–H groups in total. The van der Waals surface area contributed by atoms with E-state index in [1.165, 1.54) is 0 Å². The third-order valence-corrected chi connectivity index (χ3v) is 4.93. The SMILES string of the molecule is C=CC[C@]1(c2ccccc2)C(=O)O[C@@](CC)(c2ccccc2)N1C(=O)O. The van der Waals surface area contributed by atoms with Crippen LogP contribution in [0.25, 0.3) is 0 Å². The first-order valence-electron chi connectivity index (χ1n) is 8.51. The van der Waals surface area contributed by atoms with E-state index in [1.54, 1.807) is 54.6 Å². The molecule has 1 aliphatic heterocycles. The molecule has 2 atom stereocenters. The first kappa shape index (κ1) is 17.7. The van der Waals surface area contributed by atoms with Gasteiger partial charge in [0.25, 0.3) is 0 Å². The van der Waals surface area contributed by atoms with Gasteiger partial charge in [-0.05, 0) is 5.56 Å². The van der Waals surface area contributed by atoms with Crippen LogP contribution < -0.4 is 0 Å². The molecular weight excluding hydrogens is 330 g/mol. The second-order valence-electron chi connectivity index (χ2n) is 6.23. The Morgan fingerprint density at radius 1 is 1.12 bits per heavy atom. The van der Waals surface area contributed by atoms with Crippen molar-refractivity contribution < 1.29 is 19.4 Å². The second kappa shape index (κ2) is 6.67. The molecule has 134 valence electrons. The second-order valence-corrected chi connectivity index (χ2v) is 6.23. The van der Waals surface area contributed by atoms with Crippen LogP contribution in [-0.4, -0.2) is 22.1 Å². The number of nitrogens with zero attached hydrogens (tertiary/aromatic N) is 1. The third kappa shape index (κ3) is 2.39. The Balaban J connectivity index is 2.30. The first-order chi connectivity index (χ1) is 12.5. The molecule has 1 amide bonds. The van der Waals surface area contributed by atoms with Crippen LogP contribution in [0, 0.1) is 0 Å². The van der Waals surface area contributed by atoms with Gasteiger partial charge in [0.15, 0.2) is 5.54 Å². The van der Waals surface area contributed by atoms with E-state index >= 15 is 0 Å². The van der Waals surface area contributed by atoms with E-state index < -0.39 is 23.3 Å². The van der Waals surface area contributed by atoms with E-state index in [2.05, 4.69) is 6.58 Å². The maximum absolute atomic E-state index is 13.2. The molecule has 0 aromatic heterocycles. The number of carbonyl (C=O) groups excluding carboxylic acids is 1. The van der Waals surface area contributed by atoms with Crippen molar-refractivity contribution in [2.24, 2.45) is 0 Å². The number of carbonyl (C=O) groups is 2. The fourth-order valence-corrected chi connectivity index (χ4v) is 3.78. The summed E-state index contributed by atoms with van der Waals surface area (Å²) >= 11 is 0. The molecule has 5 nitrogen and oxygen atoms in total. The Kier molecular flexibility index (Phi) is 4.55. The molecule has 2 aromatic carbocycles. The lowest BCUT2D eigenvalue weighted by molar-refractivity contribution is -0.155. The predicted molar refractivity (Wildman–Crippen MR) is 97.3 cm³/mol. The molecule has 1 fully saturated rings. The summed E-state index contributed by atoms with van der Waals surface area (Å²) in [5.74, 6) is -0.586. The average Bonchev–Trinajstić information content (AvgIpc) is 2.94. The number of hydrogen-bond donors (Lipinski definition) is 1. The van der Waals surface area contributed by atoms with Crippen LogP contribution in [0.5, 0.6) is 0 Å². The molecule has 1 heterocycles. The van der Waals surface area contributed by atoms with Crippen molar-refractivity contribution >= 4 is 12.1 Å². The monoisotopic (exact) mass is 351 g/mol. The molecule has 0 spiro atoms. The van der Waals surface area contributed by atoms with Gasteiger partial charge in [-0.15, -0.1) is 6.58 Å². The summed E-state index contributed by atoms with van der Waals surface area (Å²) in [6.45, 7) is 5.55. The zero-order chi connectivity index (χ0) is 18.8. The number of benzene rings is 2. The number of carboxylic acid groups (broad SMARTS) is 1. The van der Waals surface area contributed by atoms with E-state index in [0.29, 0.717) is 17.5 Å². The highest BCUT2D eigenvalue weighted by Gasteiger charge is 2.65. The van der Waals surface area contributed by atoms with Gasteiger partial charge in [-0.1, -0.05) is 73.7 Å². The van der Waals surface area contributed by atoms with Gasteiger partial charge in [0.1, 0.15) is 0 Å². The fourth-order valence-electron chi connectivity index (χ4n) is 3.78. The summed E-state index contributed by atoms with van der Waals surface area (Å²) in [7, 11) is 0. The normalized spacial score (nSPS) is 25.0. The minimum atomic E-state index is -1.47. The fraction of sp³-hybridized carbons (Fsp3) is 0.238. The summed E-state index contributed by atoms with van der Waals surface area (Å²) in [5, 5.41) is 10.1. The summed E-state index contributed by atoms with van der Waals surface area (Å²) in [6.07, 6.45) is 0.755. The predicted octanol–water partition coefficient (Wildman–Crippen LogP) is 4.26. The standard InChI is InChI=1S/C21H21NO4/c1-3-15-20(16-11-7-5-8-12-16)18(23)26-21(4-2,22(20)19(24)25)17-13-9-6-10-14-17/h3,5-14H,1,4,15H2,2H3,(H,24,25)/t20-,21-/m0/s1. The lowest BCUT2D eigenvalue weighted by Gasteiger charge is -2.40. The van der Waals surface area contributed by atoms with E-state index in [-0.39, 0.29) is 6.42 Å². The zero-order valence-corrected chi connectivity index (χ0v) is 14.6. The van der Waals surface area contributed by atoms with Crippen LogP contribution in [0.1, 0.15) is 30.9 Å². The molecule has 5 heteroatoms. The molecule has 3 rings (SSSR count). The molecule has 1 aliphatic rings. The molecule has 26 heavy (non-hydrogen) atoms. The highest BCUT2D eigenvalue weighted by Crippen LogP contribution is 2.51. The van der Waals surface area contributed by atoms with Crippen LogP contribution in [0.15, 0.2) is 73.3 Å². The lowest BCUT2D eigenvalue weighted by atomic mass is 9.83. The maximum atomic E-state index is 13.2. The van der Waals surface area contributed by atoms with Crippen molar-refractivity contribution in [2.45, 2.75) is 31.0 Å². The summed E-state index contributed by atoms with van der Waals surface area (Å²) in [6, 6.07) is 17.9. The van der Waals surface area contributed by atoms with E-state index in [0.717, 1.165) is 4.90 Å². The Morgan fingerprint density at radius 3 is 2.12 bits per heavy atom. The Bertz CT molecular complexity index is 820. The molecule has 1 saturated heterocycles. The van der Waals surface area contributed by atoms with Crippen LogP contribution in [-0.2, 0) is 20.8 Å². The van der Waals surface area contributed by atoms with E-state index in [1.807, 2.05) is 19.1 Å². The number of amides is 1. The van der Waals surface area contributed by atoms with Gasteiger partial charge in [-0.2, -0.15) is 0 Å². The maximum Gasteiger partial charge on any atom is 0.411 e. The van der Waals surface area contributed by atoms with Gasteiger partial charge < -0.3 is 9.84 Å². The van der Waals surface area contributed by atoms with Gasteiger partial charge >= 0.3 is 12.1 Å². The molecule has 0 bridgehead atoms. The van der Waals surface area contributed by atoms with Crippen molar-refractivity contribution in [1.29, 1.82) is 0 Å². The van der Waals surface area contributed by atoms with Crippen molar-refractivity contribution in [1.82, 2.24) is 4.90 Å². The van der Waals surface area contributed by atoms with Crippen LogP contribution >= 0.6 is 0 Å². The van der Waals surface area contributed by atoms with Gasteiger partial charge in [-0.25, -0.2) is 14.5 Å². The van der Waals surface area contributed by atoms with Gasteiger partial charge in [0.2, 0.25) is 5.72 Å². The van der Waals surface area contributed by atoms with E-state index in [4.69, 9.17) is 4.74 Å². The number of rotatable bonds is 5.